The van der Waals surface area contributed by atoms with Gasteiger partial charge in [-0.05, 0) is 56.2 Å². The van der Waals surface area contributed by atoms with Crippen molar-refractivity contribution in [3.63, 3.8) is 0 Å². The molecule has 2 rings (SSSR count). The van der Waals surface area contributed by atoms with Crippen LogP contribution in [0, 0.1) is 13.8 Å². The lowest BCUT2D eigenvalue weighted by Gasteiger charge is -2.17. The van der Waals surface area contributed by atoms with E-state index in [4.69, 9.17) is 16.3 Å². The first kappa shape index (κ1) is 17.8. The van der Waals surface area contributed by atoms with Crippen molar-refractivity contribution in [1.29, 1.82) is 0 Å². The summed E-state index contributed by atoms with van der Waals surface area (Å²) in [5.41, 5.74) is 7.09. The molecule has 0 aliphatic carbocycles. The van der Waals surface area contributed by atoms with E-state index in [1.807, 2.05) is 26.0 Å². The summed E-state index contributed by atoms with van der Waals surface area (Å²) in [6.45, 7) is 5.51. The molecule has 0 bridgehead atoms. The second-order valence-corrected chi connectivity index (χ2v) is 5.85. The molecule has 0 fully saturated rings. The van der Waals surface area contributed by atoms with Gasteiger partial charge in [-0.3, -0.25) is 20.4 Å². The van der Waals surface area contributed by atoms with Gasteiger partial charge >= 0.3 is 0 Å². The van der Waals surface area contributed by atoms with Crippen LogP contribution in [0.25, 0.3) is 0 Å². The number of hydrogen-bond donors (Lipinski definition) is 2. The van der Waals surface area contributed by atoms with Crippen LogP contribution < -0.4 is 15.6 Å². The summed E-state index contributed by atoms with van der Waals surface area (Å²) in [6, 6.07) is 12.1. The number of hydrogen-bond acceptors (Lipinski definition) is 3. The molecule has 0 aromatic heterocycles. The first-order valence-corrected chi connectivity index (χ1v) is 7.85. The number of hydrazine groups is 1. The molecule has 2 N–H and O–H groups in total. The number of carbonyl (C=O) groups excluding carboxylic acids is 2. The zero-order valence-electron chi connectivity index (χ0n) is 13.7. The van der Waals surface area contributed by atoms with E-state index in [0.29, 0.717) is 16.3 Å². The molecule has 2 aromatic rings. The monoisotopic (exact) mass is 346 g/mol. The fourth-order valence-corrected chi connectivity index (χ4v) is 2.21. The van der Waals surface area contributed by atoms with Crippen molar-refractivity contribution in [2.45, 2.75) is 26.9 Å². The minimum Gasteiger partial charge on any atom is -0.481 e. The largest absolute Gasteiger partial charge is 0.481 e. The number of benzene rings is 2. The summed E-state index contributed by atoms with van der Waals surface area (Å²) >= 11 is 5.83. The summed E-state index contributed by atoms with van der Waals surface area (Å²) in [6.07, 6.45) is -0.759. The van der Waals surface area contributed by atoms with Crippen LogP contribution in [0.1, 0.15) is 28.4 Å². The number of halogens is 1. The van der Waals surface area contributed by atoms with Crippen LogP contribution in [0.15, 0.2) is 42.5 Å². The number of nitrogens with one attached hydrogen (secondary N) is 2. The van der Waals surface area contributed by atoms with Gasteiger partial charge in [-0.25, -0.2) is 0 Å². The maximum atomic E-state index is 12.1. The molecule has 1 atom stereocenters. The smallest absolute Gasteiger partial charge is 0.279 e. The molecule has 0 spiro atoms. The molecule has 5 nitrogen and oxygen atoms in total. The molecular weight excluding hydrogens is 328 g/mol. The van der Waals surface area contributed by atoms with Crippen molar-refractivity contribution in [3.05, 3.63) is 64.2 Å². The van der Waals surface area contributed by atoms with E-state index in [-0.39, 0.29) is 0 Å². The Morgan fingerprint density at radius 2 is 1.79 bits per heavy atom. The van der Waals surface area contributed by atoms with Crippen molar-refractivity contribution in [3.8, 4) is 5.75 Å². The van der Waals surface area contributed by atoms with Crippen LogP contribution in [0.3, 0.4) is 0 Å². The van der Waals surface area contributed by atoms with Gasteiger partial charge in [0.1, 0.15) is 5.75 Å². The number of carbonyl (C=O) groups is 2. The van der Waals surface area contributed by atoms with E-state index in [1.165, 1.54) is 6.07 Å². The summed E-state index contributed by atoms with van der Waals surface area (Å²) in [5, 5.41) is 0.445. The molecule has 0 radical (unpaired) electrons. The minimum atomic E-state index is -0.759. The molecule has 0 aliphatic heterocycles. The molecule has 6 heteroatoms. The van der Waals surface area contributed by atoms with Crippen molar-refractivity contribution in [1.82, 2.24) is 10.9 Å². The quantitative estimate of drug-likeness (QED) is 0.835. The van der Waals surface area contributed by atoms with Crippen LogP contribution in [-0.4, -0.2) is 17.9 Å². The standard InChI is InChI=1S/C18H19ClN2O3/c1-11-6-4-9-16(12(11)2)24-13(3)17(22)20-21-18(23)14-7-5-8-15(19)10-14/h4-10,13H,1-3H3,(H,20,22)(H,21,23)/t13-/m0/s1. The zero-order chi connectivity index (χ0) is 17.7. The van der Waals surface area contributed by atoms with Crippen LogP contribution in [-0.2, 0) is 4.79 Å². The maximum absolute atomic E-state index is 12.1. The molecule has 0 saturated carbocycles. The molecule has 24 heavy (non-hydrogen) atoms. The van der Waals surface area contributed by atoms with E-state index >= 15 is 0 Å². The minimum absolute atomic E-state index is 0.353. The predicted octanol–water partition coefficient (Wildman–Crippen LogP) is 3.19. The first-order chi connectivity index (χ1) is 11.4. The predicted molar refractivity (Wildman–Crippen MR) is 93.1 cm³/mol. The Balaban J connectivity index is 1.92. The van der Waals surface area contributed by atoms with Crippen molar-refractivity contribution in [2.75, 3.05) is 0 Å². The highest BCUT2D eigenvalue weighted by Gasteiger charge is 2.17. The molecule has 2 amide bonds. The highest BCUT2D eigenvalue weighted by molar-refractivity contribution is 6.30. The van der Waals surface area contributed by atoms with Gasteiger partial charge in [0.05, 0.1) is 0 Å². The van der Waals surface area contributed by atoms with Gasteiger partial charge in [0.25, 0.3) is 11.8 Å². The molecular formula is C18H19ClN2O3. The van der Waals surface area contributed by atoms with Gasteiger partial charge in [-0.2, -0.15) is 0 Å². The summed E-state index contributed by atoms with van der Waals surface area (Å²) in [5.74, 6) is -0.269. The number of rotatable bonds is 4. The van der Waals surface area contributed by atoms with E-state index in [0.717, 1.165) is 11.1 Å². The second-order valence-electron chi connectivity index (χ2n) is 5.41. The van der Waals surface area contributed by atoms with Gasteiger partial charge in [-0.15, -0.1) is 0 Å². The maximum Gasteiger partial charge on any atom is 0.279 e. The fourth-order valence-electron chi connectivity index (χ4n) is 2.02. The zero-order valence-corrected chi connectivity index (χ0v) is 14.5. The Labute approximate surface area is 145 Å². The first-order valence-electron chi connectivity index (χ1n) is 7.47. The van der Waals surface area contributed by atoms with E-state index in [9.17, 15) is 9.59 Å². The van der Waals surface area contributed by atoms with Crippen LogP contribution in [0.5, 0.6) is 5.75 Å². The molecule has 2 aromatic carbocycles. The number of aryl methyl sites for hydroxylation is 1. The molecule has 0 unspecified atom stereocenters. The van der Waals surface area contributed by atoms with Crippen molar-refractivity contribution >= 4 is 23.4 Å². The second kappa shape index (κ2) is 7.84. The highest BCUT2D eigenvalue weighted by atomic mass is 35.5. The summed E-state index contributed by atoms with van der Waals surface area (Å²) in [4.78, 5) is 24.0. The average Bonchev–Trinajstić information content (AvgIpc) is 2.56. The van der Waals surface area contributed by atoms with Crippen LogP contribution >= 0.6 is 11.6 Å². The third kappa shape index (κ3) is 4.49. The van der Waals surface area contributed by atoms with Gasteiger partial charge < -0.3 is 4.74 Å². The van der Waals surface area contributed by atoms with Gasteiger partial charge in [0.15, 0.2) is 6.10 Å². The topological polar surface area (TPSA) is 67.4 Å². The van der Waals surface area contributed by atoms with Gasteiger partial charge in [-0.1, -0.05) is 29.8 Å². The summed E-state index contributed by atoms with van der Waals surface area (Å²) in [7, 11) is 0. The molecule has 0 saturated heterocycles. The normalized spacial score (nSPS) is 11.5. The average molecular weight is 347 g/mol. The van der Waals surface area contributed by atoms with Gasteiger partial charge in [0, 0.05) is 10.6 Å². The van der Waals surface area contributed by atoms with Crippen molar-refractivity contribution in [2.24, 2.45) is 0 Å². The number of amides is 2. The number of ether oxygens (including phenoxy) is 1. The van der Waals surface area contributed by atoms with E-state index in [1.54, 1.807) is 31.2 Å². The Bertz CT molecular complexity index is 762. The van der Waals surface area contributed by atoms with E-state index in [2.05, 4.69) is 10.9 Å². The van der Waals surface area contributed by atoms with Crippen LogP contribution in [0.2, 0.25) is 5.02 Å². The SMILES string of the molecule is Cc1cccc(O[C@@H](C)C(=O)NNC(=O)c2cccc(Cl)c2)c1C. The highest BCUT2D eigenvalue weighted by Crippen LogP contribution is 2.21. The Hall–Kier alpha value is -2.53. The molecule has 126 valence electrons. The third-order valence-corrected chi connectivity index (χ3v) is 3.85. The lowest BCUT2D eigenvalue weighted by molar-refractivity contribution is -0.128. The van der Waals surface area contributed by atoms with Crippen LogP contribution in [0.4, 0.5) is 0 Å². The third-order valence-electron chi connectivity index (χ3n) is 3.61. The summed E-state index contributed by atoms with van der Waals surface area (Å²) < 4.78 is 5.66. The van der Waals surface area contributed by atoms with Gasteiger partial charge in [0.2, 0.25) is 0 Å². The Morgan fingerprint density at radius 1 is 1.08 bits per heavy atom. The lowest BCUT2D eigenvalue weighted by Crippen LogP contribution is -2.47. The molecule has 0 aliphatic rings. The van der Waals surface area contributed by atoms with E-state index < -0.39 is 17.9 Å². The lowest BCUT2D eigenvalue weighted by atomic mass is 10.1. The Morgan fingerprint density at radius 3 is 2.50 bits per heavy atom. The Kier molecular flexibility index (Phi) is 5.82. The van der Waals surface area contributed by atoms with Crippen molar-refractivity contribution < 1.29 is 14.3 Å². The fraction of sp³-hybridized carbons (Fsp3) is 0.222. The molecule has 0 heterocycles.